The van der Waals surface area contributed by atoms with Gasteiger partial charge in [-0.3, -0.25) is 4.79 Å². The van der Waals surface area contributed by atoms with E-state index in [1.165, 1.54) is 23.9 Å². The first-order valence-corrected chi connectivity index (χ1v) is 12.3. The van der Waals surface area contributed by atoms with Crippen LogP contribution in [0.4, 0.5) is 5.69 Å². The predicted molar refractivity (Wildman–Crippen MR) is 142 cm³/mol. The number of aryl methyl sites for hydroxylation is 1. The van der Waals surface area contributed by atoms with Crippen LogP contribution in [-0.4, -0.2) is 28.8 Å². The number of nitrogens with zero attached hydrogens (tertiary/aromatic N) is 1. The fourth-order valence-corrected chi connectivity index (χ4v) is 4.31. The molecular formula is C27H23ClN2O5S. The number of amides is 1. The molecule has 0 unspecified atom stereocenters. The van der Waals surface area contributed by atoms with Crippen molar-refractivity contribution >= 4 is 52.2 Å². The van der Waals surface area contributed by atoms with Crippen LogP contribution < -0.4 is 14.8 Å². The summed E-state index contributed by atoms with van der Waals surface area (Å²) in [5.74, 6) is -0.162. The number of aliphatic imine (C=N–C) groups is 1. The van der Waals surface area contributed by atoms with Gasteiger partial charge >= 0.3 is 5.97 Å². The van der Waals surface area contributed by atoms with Crippen LogP contribution >= 0.6 is 23.4 Å². The van der Waals surface area contributed by atoms with Crippen molar-refractivity contribution in [2.24, 2.45) is 4.99 Å². The maximum absolute atomic E-state index is 12.6. The number of nitrogens with one attached hydrogen (secondary N) is 1. The van der Waals surface area contributed by atoms with Gasteiger partial charge in [-0.1, -0.05) is 35.9 Å². The van der Waals surface area contributed by atoms with Crippen LogP contribution in [0, 0.1) is 6.92 Å². The van der Waals surface area contributed by atoms with Gasteiger partial charge in [0, 0.05) is 5.02 Å². The van der Waals surface area contributed by atoms with Gasteiger partial charge < -0.3 is 19.9 Å². The molecule has 7 nitrogen and oxygen atoms in total. The Morgan fingerprint density at radius 3 is 2.58 bits per heavy atom. The summed E-state index contributed by atoms with van der Waals surface area (Å²) in [7, 11) is 0. The predicted octanol–water partition coefficient (Wildman–Crippen LogP) is 6.22. The molecule has 0 bridgehead atoms. The third-order valence-electron chi connectivity index (χ3n) is 5.20. The zero-order chi connectivity index (χ0) is 25.7. The third kappa shape index (κ3) is 6.27. The summed E-state index contributed by atoms with van der Waals surface area (Å²) in [5.41, 5.74) is 3.16. The summed E-state index contributed by atoms with van der Waals surface area (Å²) in [5, 5.41) is 13.0. The van der Waals surface area contributed by atoms with Gasteiger partial charge in [-0.2, -0.15) is 0 Å². The molecule has 1 saturated heterocycles. The minimum atomic E-state index is -1.04. The molecule has 1 aliphatic heterocycles. The molecule has 0 atom stereocenters. The summed E-state index contributed by atoms with van der Waals surface area (Å²) < 4.78 is 11.7. The van der Waals surface area contributed by atoms with Crippen LogP contribution in [0.25, 0.3) is 6.08 Å². The Balaban J connectivity index is 1.52. The summed E-state index contributed by atoms with van der Waals surface area (Å²) in [6, 6.07) is 17.6. The second kappa shape index (κ2) is 11.3. The number of carboxylic acids is 1. The average molecular weight is 523 g/mol. The molecule has 184 valence electrons. The molecule has 0 aliphatic carbocycles. The average Bonchev–Trinajstić information content (AvgIpc) is 3.19. The van der Waals surface area contributed by atoms with E-state index < -0.39 is 5.97 Å². The largest absolute Gasteiger partial charge is 0.490 e. The van der Waals surface area contributed by atoms with Crippen molar-refractivity contribution in [3.63, 3.8) is 0 Å². The molecule has 4 rings (SSSR count). The van der Waals surface area contributed by atoms with Crippen molar-refractivity contribution < 1.29 is 24.2 Å². The monoisotopic (exact) mass is 522 g/mol. The number of carbonyl (C=O) groups is 2. The highest BCUT2D eigenvalue weighted by Crippen LogP contribution is 2.33. The number of carboxylic acid groups (broad SMARTS) is 1. The molecule has 2 N–H and O–H groups in total. The number of halogens is 1. The first kappa shape index (κ1) is 25.3. The molecular weight excluding hydrogens is 500 g/mol. The van der Waals surface area contributed by atoms with E-state index in [1.807, 2.05) is 50.2 Å². The van der Waals surface area contributed by atoms with Crippen LogP contribution in [0.2, 0.25) is 5.02 Å². The van der Waals surface area contributed by atoms with Crippen molar-refractivity contribution in [3.05, 3.63) is 92.8 Å². The summed E-state index contributed by atoms with van der Waals surface area (Å²) >= 11 is 7.13. The van der Waals surface area contributed by atoms with E-state index in [1.54, 1.807) is 18.2 Å². The molecule has 9 heteroatoms. The number of ether oxygens (including phenoxy) is 2. The smallest absolute Gasteiger partial charge is 0.335 e. The van der Waals surface area contributed by atoms with Crippen LogP contribution in [0.1, 0.15) is 34.0 Å². The number of aromatic carboxylic acids is 1. The number of thioether (sulfide) groups is 1. The zero-order valence-electron chi connectivity index (χ0n) is 19.6. The van der Waals surface area contributed by atoms with E-state index in [0.29, 0.717) is 45.5 Å². The topological polar surface area (TPSA) is 97.2 Å². The van der Waals surface area contributed by atoms with Crippen molar-refractivity contribution in [2.45, 2.75) is 20.5 Å². The number of hydrogen-bond donors (Lipinski definition) is 2. The van der Waals surface area contributed by atoms with E-state index in [0.717, 1.165) is 16.7 Å². The fraction of sp³-hybridized carbons (Fsp3) is 0.148. The first-order chi connectivity index (χ1) is 17.3. The normalized spacial score (nSPS) is 15.2. The van der Waals surface area contributed by atoms with Crippen molar-refractivity contribution in [1.82, 2.24) is 5.32 Å². The molecule has 1 heterocycles. The van der Waals surface area contributed by atoms with E-state index in [2.05, 4.69) is 10.3 Å². The SMILES string of the molecule is CCOc1cc(C=C2SC(=Nc3cc(C(=O)O)ccc3C)NC2=O)ccc1OCc1ccc(Cl)cc1. The number of rotatable bonds is 8. The van der Waals surface area contributed by atoms with Gasteiger partial charge in [-0.05, 0) is 84.8 Å². The van der Waals surface area contributed by atoms with Gasteiger partial charge in [0.2, 0.25) is 0 Å². The Kier molecular flexibility index (Phi) is 7.97. The molecule has 1 fully saturated rings. The Labute approximate surface area is 217 Å². The number of benzene rings is 3. The lowest BCUT2D eigenvalue weighted by molar-refractivity contribution is -0.115. The van der Waals surface area contributed by atoms with Crippen molar-refractivity contribution in [1.29, 1.82) is 0 Å². The fourth-order valence-electron chi connectivity index (χ4n) is 3.35. The molecule has 0 aromatic heterocycles. The minimum Gasteiger partial charge on any atom is -0.490 e. The molecule has 36 heavy (non-hydrogen) atoms. The van der Waals surface area contributed by atoms with E-state index >= 15 is 0 Å². The van der Waals surface area contributed by atoms with Crippen molar-refractivity contribution in [3.8, 4) is 11.5 Å². The lowest BCUT2D eigenvalue weighted by atomic mass is 10.1. The van der Waals surface area contributed by atoms with Gasteiger partial charge in [0.25, 0.3) is 5.91 Å². The van der Waals surface area contributed by atoms with Crippen LogP contribution in [0.15, 0.2) is 70.6 Å². The van der Waals surface area contributed by atoms with Crippen molar-refractivity contribution in [2.75, 3.05) is 6.61 Å². The highest BCUT2D eigenvalue weighted by atomic mass is 35.5. The third-order valence-corrected chi connectivity index (χ3v) is 6.36. The summed E-state index contributed by atoms with van der Waals surface area (Å²) in [6.07, 6.45) is 1.74. The van der Waals surface area contributed by atoms with Gasteiger partial charge in [0.1, 0.15) is 6.61 Å². The molecule has 0 spiro atoms. The highest BCUT2D eigenvalue weighted by Gasteiger charge is 2.24. The van der Waals surface area contributed by atoms with Gasteiger partial charge in [0.05, 0.1) is 22.8 Å². The van der Waals surface area contributed by atoms with Crippen LogP contribution in [0.5, 0.6) is 11.5 Å². The molecule has 0 saturated carbocycles. The molecule has 3 aromatic rings. The minimum absolute atomic E-state index is 0.131. The van der Waals surface area contributed by atoms with Gasteiger partial charge in [-0.15, -0.1) is 0 Å². The summed E-state index contributed by atoms with van der Waals surface area (Å²) in [4.78, 5) is 28.7. The van der Waals surface area contributed by atoms with Gasteiger partial charge in [-0.25, -0.2) is 9.79 Å². The Morgan fingerprint density at radius 2 is 1.86 bits per heavy atom. The van der Waals surface area contributed by atoms with Crippen LogP contribution in [0.3, 0.4) is 0 Å². The van der Waals surface area contributed by atoms with Gasteiger partial charge in [0.15, 0.2) is 16.7 Å². The number of amidine groups is 1. The Morgan fingerprint density at radius 1 is 1.08 bits per heavy atom. The maximum atomic E-state index is 12.6. The quantitative estimate of drug-likeness (QED) is 0.341. The van der Waals surface area contributed by atoms with E-state index in [-0.39, 0.29) is 11.5 Å². The lowest BCUT2D eigenvalue weighted by Gasteiger charge is -2.13. The molecule has 1 amide bonds. The second-order valence-electron chi connectivity index (χ2n) is 7.84. The molecule has 1 aliphatic rings. The lowest BCUT2D eigenvalue weighted by Crippen LogP contribution is -2.19. The van der Waals surface area contributed by atoms with E-state index in [4.69, 9.17) is 21.1 Å². The number of hydrogen-bond acceptors (Lipinski definition) is 6. The standard InChI is InChI=1S/C27H23ClN2O5S/c1-3-34-23-12-18(7-11-22(23)35-15-17-5-9-20(28)10-6-17)13-24-25(31)30-27(36-24)29-21-14-19(26(32)33)8-4-16(21)2/h4-14H,3,15H2,1-2H3,(H,32,33)(H,29,30,31). The Hall–Kier alpha value is -3.75. The molecule has 3 aromatic carbocycles. The second-order valence-corrected chi connectivity index (χ2v) is 9.31. The summed E-state index contributed by atoms with van der Waals surface area (Å²) in [6.45, 7) is 4.53. The van der Waals surface area contributed by atoms with Crippen LogP contribution in [-0.2, 0) is 11.4 Å². The Bertz CT molecular complexity index is 1370. The molecule has 0 radical (unpaired) electrons. The highest BCUT2D eigenvalue weighted by molar-refractivity contribution is 8.18. The first-order valence-electron chi connectivity index (χ1n) is 11.1. The number of carbonyl (C=O) groups excluding carboxylic acids is 1. The maximum Gasteiger partial charge on any atom is 0.335 e. The van der Waals surface area contributed by atoms with E-state index in [9.17, 15) is 14.7 Å². The zero-order valence-corrected chi connectivity index (χ0v) is 21.2.